The lowest BCUT2D eigenvalue weighted by Gasteiger charge is -2.07. The zero-order valence-corrected chi connectivity index (χ0v) is 15.9. The van der Waals surface area contributed by atoms with Crippen LogP contribution in [0.3, 0.4) is 0 Å². The lowest BCUT2D eigenvalue weighted by molar-refractivity contribution is 0.761. The zero-order chi connectivity index (χ0) is 18.6. The molecule has 27 heavy (non-hydrogen) atoms. The highest BCUT2D eigenvalue weighted by molar-refractivity contribution is 7.16. The first-order valence-corrected chi connectivity index (χ1v) is 9.66. The van der Waals surface area contributed by atoms with Crippen molar-refractivity contribution >= 4 is 28.8 Å². The molecule has 4 rings (SSSR count). The van der Waals surface area contributed by atoms with Gasteiger partial charge in [-0.1, -0.05) is 41.9 Å². The van der Waals surface area contributed by atoms with E-state index in [4.69, 9.17) is 11.6 Å². The number of thiophene rings is 1. The molecule has 3 aromatic heterocycles. The van der Waals surface area contributed by atoms with Crippen molar-refractivity contribution in [3.8, 4) is 11.3 Å². The third-order valence-electron chi connectivity index (χ3n) is 4.15. The van der Waals surface area contributed by atoms with Crippen LogP contribution in [0.5, 0.6) is 0 Å². The summed E-state index contributed by atoms with van der Waals surface area (Å²) >= 11 is 7.48. The predicted octanol–water partition coefficient (Wildman–Crippen LogP) is 4.61. The Labute approximate surface area is 165 Å². The number of nitrogens with one attached hydrogen (secondary N) is 2. The van der Waals surface area contributed by atoms with Crippen molar-refractivity contribution in [1.82, 2.24) is 14.8 Å². The molecule has 0 aliphatic heterocycles. The Kier molecular flexibility index (Phi) is 5.09. The summed E-state index contributed by atoms with van der Waals surface area (Å²) in [4.78, 5) is 14.0. The van der Waals surface area contributed by atoms with Crippen LogP contribution in [0.2, 0.25) is 4.34 Å². The molecule has 0 atom stereocenters. The monoisotopic (exact) mass is 396 g/mol. The number of benzene rings is 1. The molecular weight excluding hydrogens is 380 g/mol. The molecule has 0 radical (unpaired) electrons. The summed E-state index contributed by atoms with van der Waals surface area (Å²) in [6.45, 7) is 1.17. The SMILES string of the molecule is O=c1c(-c2cc(NCc3ccc(Cl)s3)[nH]n2)cccn1Cc1ccccc1. The number of rotatable bonds is 6. The van der Waals surface area contributed by atoms with Gasteiger partial charge in [0.05, 0.1) is 28.7 Å². The lowest BCUT2D eigenvalue weighted by Crippen LogP contribution is -2.21. The summed E-state index contributed by atoms with van der Waals surface area (Å²) in [5.74, 6) is 0.757. The van der Waals surface area contributed by atoms with Gasteiger partial charge in [-0.05, 0) is 29.8 Å². The summed E-state index contributed by atoms with van der Waals surface area (Å²) in [7, 11) is 0. The first-order chi connectivity index (χ1) is 13.2. The number of pyridine rings is 1. The van der Waals surface area contributed by atoms with Gasteiger partial charge in [0.25, 0.3) is 5.56 Å². The number of nitrogens with zero attached hydrogens (tertiary/aromatic N) is 2. The number of aromatic nitrogens is 3. The van der Waals surface area contributed by atoms with E-state index in [2.05, 4.69) is 15.5 Å². The fraction of sp³-hybridized carbons (Fsp3) is 0.100. The average molecular weight is 397 g/mol. The first-order valence-electron chi connectivity index (χ1n) is 8.46. The maximum atomic E-state index is 12.8. The Morgan fingerprint density at radius 1 is 1.11 bits per heavy atom. The highest BCUT2D eigenvalue weighted by atomic mass is 35.5. The Morgan fingerprint density at radius 3 is 2.74 bits per heavy atom. The van der Waals surface area contributed by atoms with Crippen LogP contribution in [0.15, 0.2) is 71.7 Å². The first kappa shape index (κ1) is 17.6. The second-order valence-electron chi connectivity index (χ2n) is 6.07. The molecule has 1 aromatic carbocycles. The van der Waals surface area contributed by atoms with Crippen LogP contribution in [0.1, 0.15) is 10.4 Å². The van der Waals surface area contributed by atoms with Gasteiger partial charge in [-0.3, -0.25) is 9.89 Å². The van der Waals surface area contributed by atoms with Gasteiger partial charge in [-0.15, -0.1) is 11.3 Å². The average Bonchev–Trinajstić information content (AvgIpc) is 3.31. The van der Waals surface area contributed by atoms with Gasteiger partial charge in [0.1, 0.15) is 5.82 Å². The largest absolute Gasteiger partial charge is 0.366 e. The minimum absolute atomic E-state index is 0.0653. The minimum atomic E-state index is -0.0653. The van der Waals surface area contributed by atoms with E-state index >= 15 is 0 Å². The molecule has 0 fully saturated rings. The minimum Gasteiger partial charge on any atom is -0.366 e. The van der Waals surface area contributed by atoms with E-state index in [0.29, 0.717) is 24.3 Å². The predicted molar refractivity (Wildman–Crippen MR) is 110 cm³/mol. The maximum Gasteiger partial charge on any atom is 0.260 e. The van der Waals surface area contributed by atoms with Crippen molar-refractivity contribution in [2.45, 2.75) is 13.1 Å². The van der Waals surface area contributed by atoms with Crippen molar-refractivity contribution in [2.75, 3.05) is 5.32 Å². The molecule has 0 unspecified atom stereocenters. The summed E-state index contributed by atoms with van der Waals surface area (Å²) < 4.78 is 2.46. The summed E-state index contributed by atoms with van der Waals surface area (Å²) in [6.07, 6.45) is 1.80. The molecule has 2 N–H and O–H groups in total. The van der Waals surface area contributed by atoms with E-state index in [1.165, 1.54) is 11.3 Å². The quantitative estimate of drug-likeness (QED) is 0.500. The van der Waals surface area contributed by atoms with Gasteiger partial charge in [-0.25, -0.2) is 0 Å². The third-order valence-corrected chi connectivity index (χ3v) is 5.38. The molecule has 0 saturated heterocycles. The Balaban J connectivity index is 1.52. The molecule has 5 nitrogen and oxygen atoms in total. The van der Waals surface area contributed by atoms with E-state index in [-0.39, 0.29) is 5.56 Å². The summed E-state index contributed by atoms with van der Waals surface area (Å²) in [6, 6.07) is 19.3. The molecular formula is C20H17ClN4OS. The van der Waals surface area contributed by atoms with Crippen LogP contribution in [-0.4, -0.2) is 14.8 Å². The van der Waals surface area contributed by atoms with E-state index in [9.17, 15) is 4.79 Å². The third kappa shape index (κ3) is 4.13. The van der Waals surface area contributed by atoms with Gasteiger partial charge in [-0.2, -0.15) is 5.10 Å². The number of anilines is 1. The molecule has 0 amide bonds. The van der Waals surface area contributed by atoms with Crippen LogP contribution >= 0.6 is 22.9 Å². The number of H-pyrrole nitrogens is 1. The number of aromatic amines is 1. The van der Waals surface area contributed by atoms with Crippen molar-refractivity contribution < 1.29 is 0 Å². The topological polar surface area (TPSA) is 62.7 Å². The molecule has 0 saturated carbocycles. The smallest absolute Gasteiger partial charge is 0.260 e. The van der Waals surface area contributed by atoms with Gasteiger partial charge in [0, 0.05) is 17.1 Å². The Morgan fingerprint density at radius 2 is 1.96 bits per heavy atom. The fourth-order valence-electron chi connectivity index (χ4n) is 2.82. The highest BCUT2D eigenvalue weighted by Crippen LogP contribution is 2.23. The van der Waals surface area contributed by atoms with Crippen LogP contribution in [0.25, 0.3) is 11.3 Å². The van der Waals surface area contributed by atoms with E-state index in [0.717, 1.165) is 20.6 Å². The fourth-order valence-corrected chi connectivity index (χ4v) is 3.84. The Hall–Kier alpha value is -2.83. The van der Waals surface area contributed by atoms with E-state index < -0.39 is 0 Å². The second kappa shape index (κ2) is 7.82. The van der Waals surface area contributed by atoms with Crippen molar-refractivity contribution in [3.05, 3.63) is 92.0 Å². The zero-order valence-electron chi connectivity index (χ0n) is 14.4. The number of hydrogen-bond acceptors (Lipinski definition) is 4. The molecule has 136 valence electrons. The molecule has 0 spiro atoms. The highest BCUT2D eigenvalue weighted by Gasteiger charge is 2.10. The van der Waals surface area contributed by atoms with Gasteiger partial charge < -0.3 is 9.88 Å². The van der Waals surface area contributed by atoms with Gasteiger partial charge >= 0.3 is 0 Å². The van der Waals surface area contributed by atoms with Crippen LogP contribution < -0.4 is 10.9 Å². The Bertz CT molecular complexity index is 1100. The van der Waals surface area contributed by atoms with Crippen LogP contribution in [0, 0.1) is 0 Å². The van der Waals surface area contributed by atoms with Crippen LogP contribution in [0.4, 0.5) is 5.82 Å². The molecule has 3 heterocycles. The molecule has 4 aromatic rings. The summed E-state index contributed by atoms with van der Waals surface area (Å²) in [5.41, 5.74) is 2.20. The lowest BCUT2D eigenvalue weighted by atomic mass is 10.2. The van der Waals surface area contributed by atoms with Crippen molar-refractivity contribution in [1.29, 1.82) is 0 Å². The normalized spacial score (nSPS) is 10.9. The van der Waals surface area contributed by atoms with Gasteiger partial charge in [0.2, 0.25) is 0 Å². The van der Waals surface area contributed by atoms with Crippen molar-refractivity contribution in [2.24, 2.45) is 0 Å². The molecule has 0 aliphatic carbocycles. The number of hydrogen-bond donors (Lipinski definition) is 2. The van der Waals surface area contributed by atoms with Gasteiger partial charge in [0.15, 0.2) is 0 Å². The van der Waals surface area contributed by atoms with Crippen molar-refractivity contribution in [3.63, 3.8) is 0 Å². The molecule has 0 aliphatic rings. The number of halogens is 1. The summed E-state index contributed by atoms with van der Waals surface area (Å²) in [5, 5.41) is 10.5. The van der Waals surface area contributed by atoms with Crippen LogP contribution in [-0.2, 0) is 13.1 Å². The molecule has 0 bridgehead atoms. The second-order valence-corrected chi connectivity index (χ2v) is 7.87. The standard InChI is InChI=1S/C20H17ClN4OS/c21-18-9-8-15(27-18)12-22-19-11-17(23-24-19)16-7-4-10-25(20(16)26)13-14-5-2-1-3-6-14/h1-11H,12-13H2,(H2,22,23,24). The maximum absolute atomic E-state index is 12.8. The van der Waals surface area contributed by atoms with E-state index in [1.807, 2.05) is 54.6 Å². The molecule has 7 heteroatoms. The van der Waals surface area contributed by atoms with E-state index in [1.54, 1.807) is 16.8 Å².